The fraction of sp³-hybridized carbons (Fsp3) is 1.00. The van der Waals surface area contributed by atoms with E-state index in [9.17, 15) is 0 Å². The Labute approximate surface area is 133 Å². The molecule has 0 heterocycles. The van der Waals surface area contributed by atoms with Gasteiger partial charge in [0.05, 0.1) is 0 Å². The van der Waals surface area contributed by atoms with Crippen LogP contribution in [0.2, 0.25) is 0 Å². The smallest absolute Gasteiger partial charge is 0.319 e. The molecular formula is C10H30O6P2S2. The average Bonchev–Trinajstić information content (AvgIpc) is 2.13. The Morgan fingerprint density at radius 1 is 0.650 bits per heavy atom. The molecule has 0 aromatic carbocycles. The van der Waals surface area contributed by atoms with Gasteiger partial charge in [-0.1, -0.05) is 54.4 Å². The van der Waals surface area contributed by atoms with Crippen molar-refractivity contribution >= 4 is 37.1 Å². The second-order valence-electron chi connectivity index (χ2n) is 4.63. The maximum absolute atomic E-state index is 7.56. The molecule has 0 aliphatic rings. The van der Waals surface area contributed by atoms with Gasteiger partial charge in [-0.15, -0.1) is 0 Å². The fourth-order valence-corrected chi connectivity index (χ4v) is 0. The normalized spacial score (nSPS) is 10.7. The average molecular weight is 372 g/mol. The van der Waals surface area contributed by atoms with Gasteiger partial charge in [0.25, 0.3) is 0 Å². The van der Waals surface area contributed by atoms with Gasteiger partial charge in [0.2, 0.25) is 0 Å². The van der Waals surface area contributed by atoms with Crippen molar-refractivity contribution in [3.05, 3.63) is 0 Å². The van der Waals surface area contributed by atoms with Crippen molar-refractivity contribution in [1.29, 1.82) is 0 Å². The van der Waals surface area contributed by atoms with Gasteiger partial charge in [0.15, 0.2) is 0 Å². The van der Waals surface area contributed by atoms with Crippen LogP contribution in [-0.4, -0.2) is 29.4 Å². The number of hydrogen-bond acceptors (Lipinski definition) is 2. The van der Waals surface area contributed by atoms with Crippen LogP contribution in [0, 0.1) is 11.8 Å². The molecule has 6 N–H and O–H groups in total. The monoisotopic (exact) mass is 372 g/mol. The lowest BCUT2D eigenvalue weighted by atomic mass is 10.2. The summed E-state index contributed by atoms with van der Waals surface area (Å²) in [6.45, 7) is 5.68. The van der Waals surface area contributed by atoms with E-state index in [0.717, 1.165) is 11.8 Å². The highest BCUT2D eigenvalue weighted by Crippen LogP contribution is 2.26. The van der Waals surface area contributed by atoms with Crippen LogP contribution in [-0.2, 0) is 23.6 Å². The Hall–Kier alpha value is 1.06. The highest BCUT2D eigenvalue weighted by molar-refractivity contribution is 8.06. The van der Waals surface area contributed by atoms with Crippen LogP contribution in [0.1, 0.15) is 54.4 Å². The Morgan fingerprint density at radius 2 is 0.700 bits per heavy atom. The van der Waals surface area contributed by atoms with Crippen molar-refractivity contribution in [2.75, 3.05) is 0 Å². The zero-order valence-corrected chi connectivity index (χ0v) is 16.4. The molecule has 0 fully saturated rings. The summed E-state index contributed by atoms with van der Waals surface area (Å²) in [6.07, 6.45) is 2.61. The predicted molar refractivity (Wildman–Crippen MR) is 92.1 cm³/mol. The van der Waals surface area contributed by atoms with E-state index in [0.29, 0.717) is 0 Å². The highest BCUT2D eigenvalue weighted by atomic mass is 32.5. The molecule has 0 bridgehead atoms. The van der Waals surface area contributed by atoms with E-state index in [1.807, 2.05) is 0 Å². The van der Waals surface area contributed by atoms with E-state index in [2.05, 4.69) is 65.2 Å². The summed E-state index contributed by atoms with van der Waals surface area (Å²) in [5.74, 6) is 1.77. The Balaban J connectivity index is -0.0000000853. The third-order valence-corrected chi connectivity index (χ3v) is 1.63. The summed E-state index contributed by atoms with van der Waals surface area (Å²) in [7, 11) is 0. The van der Waals surface area contributed by atoms with Gasteiger partial charge in [-0.3, -0.25) is 0 Å². The lowest BCUT2D eigenvalue weighted by Crippen LogP contribution is -1.77. The molecule has 0 aromatic heterocycles. The van der Waals surface area contributed by atoms with Gasteiger partial charge in [0, 0.05) is 0 Å². The van der Waals surface area contributed by atoms with Gasteiger partial charge in [-0.05, 0) is 35.4 Å². The van der Waals surface area contributed by atoms with Gasteiger partial charge < -0.3 is 29.4 Å². The van der Waals surface area contributed by atoms with E-state index in [4.69, 9.17) is 29.4 Å². The first kappa shape index (κ1) is 29.1. The van der Waals surface area contributed by atoms with E-state index in [1.54, 1.807) is 0 Å². The number of hydrogen-bond donors (Lipinski definition) is 6. The van der Waals surface area contributed by atoms with Crippen LogP contribution in [0.5, 0.6) is 0 Å². The third-order valence-electron chi connectivity index (χ3n) is 1.63. The van der Waals surface area contributed by atoms with Crippen molar-refractivity contribution in [2.45, 2.75) is 54.4 Å². The minimum absolute atomic E-state index is 0.884. The SMILES string of the molecule is CCC(C)C.CCC(C)C.OP(O)(O)=S.OP(O)(O)=S. The van der Waals surface area contributed by atoms with Crippen LogP contribution >= 0.6 is 13.4 Å². The van der Waals surface area contributed by atoms with Crippen molar-refractivity contribution < 1.29 is 29.4 Å². The molecule has 0 amide bonds. The molecule has 10 heteroatoms. The first-order valence-electron chi connectivity index (χ1n) is 6.11. The van der Waals surface area contributed by atoms with Crippen LogP contribution in [0.4, 0.5) is 0 Å². The molecule has 0 spiro atoms. The summed E-state index contributed by atoms with van der Waals surface area (Å²) in [5.41, 5.74) is 0. The second-order valence-corrected chi connectivity index (χ2v) is 9.62. The summed E-state index contributed by atoms with van der Waals surface area (Å²) in [6, 6.07) is 0. The molecular weight excluding hydrogens is 342 g/mol. The predicted octanol–water partition coefficient (Wildman–Crippen LogP) is 2.48. The van der Waals surface area contributed by atoms with Gasteiger partial charge >= 0.3 is 13.4 Å². The maximum atomic E-state index is 7.56. The molecule has 0 aliphatic carbocycles. The Bertz CT molecular complexity index is 230. The van der Waals surface area contributed by atoms with Crippen LogP contribution in [0.15, 0.2) is 0 Å². The van der Waals surface area contributed by atoms with Crippen LogP contribution in [0.3, 0.4) is 0 Å². The topological polar surface area (TPSA) is 121 Å². The molecule has 0 aliphatic heterocycles. The zero-order valence-electron chi connectivity index (χ0n) is 13.0. The first-order valence-corrected chi connectivity index (χ1v) is 11.4. The molecule has 0 aromatic rings. The minimum Gasteiger partial charge on any atom is -0.325 e. The molecule has 20 heavy (non-hydrogen) atoms. The molecule has 128 valence electrons. The van der Waals surface area contributed by atoms with Crippen LogP contribution < -0.4 is 0 Å². The fourth-order valence-electron chi connectivity index (χ4n) is 0. The molecule has 0 saturated carbocycles. The van der Waals surface area contributed by atoms with E-state index in [1.165, 1.54) is 12.8 Å². The number of rotatable bonds is 2. The largest absolute Gasteiger partial charge is 0.325 e. The summed E-state index contributed by atoms with van der Waals surface area (Å²) in [5, 5.41) is 0. The van der Waals surface area contributed by atoms with Crippen molar-refractivity contribution in [3.63, 3.8) is 0 Å². The summed E-state index contributed by atoms with van der Waals surface area (Å²) >= 11 is 7.21. The minimum atomic E-state index is -3.81. The highest BCUT2D eigenvalue weighted by Gasteiger charge is 1.92. The van der Waals surface area contributed by atoms with Gasteiger partial charge in [0.1, 0.15) is 0 Å². The van der Waals surface area contributed by atoms with Crippen LogP contribution in [0.25, 0.3) is 0 Å². The summed E-state index contributed by atoms with van der Waals surface area (Å²) < 4.78 is 0. The standard InChI is InChI=1S/2C5H12.2H3O3PS/c2*1-4-5(2)3;2*1-4(2,3)5/h2*5H,4H2,1-3H3;2*(H3,1,2,3,5). The first-order chi connectivity index (χ1) is 8.54. The third kappa shape index (κ3) is 243. The molecule has 0 radical (unpaired) electrons. The quantitative estimate of drug-likeness (QED) is 0.409. The maximum Gasteiger partial charge on any atom is 0.319 e. The molecule has 0 atom stereocenters. The van der Waals surface area contributed by atoms with Gasteiger partial charge in [-0.2, -0.15) is 0 Å². The van der Waals surface area contributed by atoms with Crippen molar-refractivity contribution in [3.8, 4) is 0 Å². The molecule has 0 rings (SSSR count). The summed E-state index contributed by atoms with van der Waals surface area (Å²) in [4.78, 5) is 45.3. The van der Waals surface area contributed by atoms with Crippen molar-refractivity contribution in [1.82, 2.24) is 0 Å². The van der Waals surface area contributed by atoms with E-state index >= 15 is 0 Å². The molecule has 0 saturated heterocycles. The second kappa shape index (κ2) is 16.4. The van der Waals surface area contributed by atoms with Gasteiger partial charge in [-0.25, -0.2) is 0 Å². The molecule has 6 nitrogen and oxygen atoms in total. The zero-order chi connectivity index (χ0) is 17.6. The molecule has 0 unspecified atom stereocenters. The Morgan fingerprint density at radius 3 is 0.700 bits per heavy atom. The Kier molecular flexibility index (Phi) is 23.9. The lowest BCUT2D eigenvalue weighted by molar-refractivity contribution is 0.361. The van der Waals surface area contributed by atoms with Crippen molar-refractivity contribution in [2.24, 2.45) is 11.8 Å². The lowest BCUT2D eigenvalue weighted by Gasteiger charge is -1.90. The van der Waals surface area contributed by atoms with E-state index < -0.39 is 13.4 Å². The van der Waals surface area contributed by atoms with E-state index in [-0.39, 0.29) is 0 Å².